The van der Waals surface area contributed by atoms with Crippen LogP contribution in [0.2, 0.25) is 0 Å². The van der Waals surface area contributed by atoms with Gasteiger partial charge in [-0.2, -0.15) is 5.26 Å². The molecule has 1 atom stereocenters. The van der Waals surface area contributed by atoms with Gasteiger partial charge in [-0.25, -0.2) is 13.1 Å². The van der Waals surface area contributed by atoms with Crippen LogP contribution in [0, 0.1) is 25.2 Å². The Kier molecular flexibility index (Phi) is 5.60. The lowest BCUT2D eigenvalue weighted by Crippen LogP contribution is -2.36. The van der Waals surface area contributed by atoms with Gasteiger partial charge in [-0.3, -0.25) is 0 Å². The number of benzene rings is 2. The lowest BCUT2D eigenvalue weighted by atomic mass is 10.1. The van der Waals surface area contributed by atoms with Gasteiger partial charge >= 0.3 is 0 Å². The van der Waals surface area contributed by atoms with E-state index in [0.29, 0.717) is 5.56 Å². The van der Waals surface area contributed by atoms with Gasteiger partial charge in [-0.15, -0.1) is 0 Å². The van der Waals surface area contributed by atoms with E-state index in [4.69, 9.17) is 10.00 Å². The zero-order valence-corrected chi connectivity index (χ0v) is 14.7. The van der Waals surface area contributed by atoms with Crippen LogP contribution in [0.3, 0.4) is 0 Å². The number of nitrogens with one attached hydrogen (secondary N) is 1. The van der Waals surface area contributed by atoms with E-state index in [1.54, 1.807) is 6.92 Å². The van der Waals surface area contributed by atoms with E-state index < -0.39 is 16.1 Å². The van der Waals surface area contributed by atoms with Gasteiger partial charge in [0.25, 0.3) is 0 Å². The summed E-state index contributed by atoms with van der Waals surface area (Å²) in [4.78, 5) is 0.125. The molecule has 5 nitrogen and oxygen atoms in total. The molecule has 2 rings (SSSR count). The van der Waals surface area contributed by atoms with E-state index in [0.717, 1.165) is 16.9 Å². The van der Waals surface area contributed by atoms with Crippen LogP contribution in [0.1, 0.15) is 23.6 Å². The Hall–Kier alpha value is -2.36. The Labute approximate surface area is 142 Å². The quantitative estimate of drug-likeness (QED) is 0.874. The monoisotopic (exact) mass is 344 g/mol. The predicted molar refractivity (Wildman–Crippen MR) is 92.4 cm³/mol. The fourth-order valence-electron chi connectivity index (χ4n) is 2.31. The first-order valence-electron chi connectivity index (χ1n) is 7.55. The maximum atomic E-state index is 12.3. The van der Waals surface area contributed by atoms with Crippen LogP contribution in [-0.2, 0) is 10.0 Å². The lowest BCUT2D eigenvalue weighted by Gasteiger charge is -2.17. The van der Waals surface area contributed by atoms with Gasteiger partial charge in [0.05, 0.1) is 22.6 Å². The third-order valence-corrected chi connectivity index (χ3v) is 5.14. The molecule has 1 N–H and O–H groups in total. The van der Waals surface area contributed by atoms with Crippen molar-refractivity contribution in [3.63, 3.8) is 0 Å². The van der Waals surface area contributed by atoms with Crippen molar-refractivity contribution >= 4 is 10.0 Å². The summed E-state index contributed by atoms with van der Waals surface area (Å²) in [5.74, 6) is 0.780. The van der Waals surface area contributed by atoms with Crippen LogP contribution in [-0.4, -0.2) is 21.1 Å². The highest BCUT2D eigenvalue weighted by molar-refractivity contribution is 7.89. The zero-order valence-electron chi connectivity index (χ0n) is 13.9. The molecule has 6 heteroatoms. The molecule has 2 aromatic carbocycles. The minimum absolute atomic E-state index is 0.125. The van der Waals surface area contributed by atoms with E-state index in [-0.39, 0.29) is 11.5 Å². The van der Waals surface area contributed by atoms with Gasteiger partial charge in [0.2, 0.25) is 10.0 Å². The highest BCUT2D eigenvalue weighted by atomic mass is 32.2. The van der Waals surface area contributed by atoms with Gasteiger partial charge in [-0.1, -0.05) is 18.2 Å². The molecular formula is C18H20N2O3S. The molecule has 24 heavy (non-hydrogen) atoms. The van der Waals surface area contributed by atoms with Crippen LogP contribution in [0.25, 0.3) is 0 Å². The summed E-state index contributed by atoms with van der Waals surface area (Å²) < 4.78 is 33.0. The molecule has 0 aliphatic rings. The normalized spacial score (nSPS) is 12.4. The Morgan fingerprint density at radius 1 is 1.12 bits per heavy atom. The molecule has 0 heterocycles. The van der Waals surface area contributed by atoms with Crippen LogP contribution in [0.4, 0.5) is 0 Å². The van der Waals surface area contributed by atoms with Crippen LogP contribution in [0.5, 0.6) is 5.75 Å². The lowest BCUT2D eigenvalue weighted by molar-refractivity contribution is 0.284. The smallest absolute Gasteiger partial charge is 0.240 e. The molecule has 0 bridgehead atoms. The second-order valence-electron chi connectivity index (χ2n) is 5.69. The summed E-state index contributed by atoms with van der Waals surface area (Å²) in [6, 6.07) is 13.2. The highest BCUT2D eigenvalue weighted by Crippen LogP contribution is 2.22. The summed E-state index contributed by atoms with van der Waals surface area (Å²) in [5, 5.41) is 8.77. The van der Waals surface area contributed by atoms with Crippen molar-refractivity contribution in [2.45, 2.75) is 31.7 Å². The van der Waals surface area contributed by atoms with Gasteiger partial charge in [0.15, 0.2) is 0 Å². The summed E-state index contributed by atoms with van der Waals surface area (Å²) in [5.41, 5.74) is 2.44. The number of aryl methyl sites for hydroxylation is 2. The van der Waals surface area contributed by atoms with E-state index in [1.807, 2.05) is 38.1 Å². The number of nitrogens with zero attached hydrogens (tertiary/aromatic N) is 1. The zero-order chi connectivity index (χ0) is 17.7. The maximum Gasteiger partial charge on any atom is 0.240 e. The van der Waals surface area contributed by atoms with E-state index >= 15 is 0 Å². The Morgan fingerprint density at radius 2 is 1.71 bits per heavy atom. The molecule has 0 aromatic heterocycles. The summed E-state index contributed by atoms with van der Waals surface area (Å²) >= 11 is 0. The maximum absolute atomic E-state index is 12.3. The molecule has 0 spiro atoms. The molecule has 0 aliphatic heterocycles. The molecule has 2 aromatic rings. The van der Waals surface area contributed by atoms with Crippen molar-refractivity contribution in [1.29, 1.82) is 5.26 Å². The molecule has 0 radical (unpaired) electrons. The first-order valence-corrected chi connectivity index (χ1v) is 9.03. The number of rotatable bonds is 6. The summed E-state index contributed by atoms with van der Waals surface area (Å²) in [6.45, 7) is 5.87. The first-order chi connectivity index (χ1) is 11.3. The standard InChI is InChI=1S/C18H20N2O3S/c1-13-5-4-6-14(2)18(13)23-12-15(3)20-24(21,22)17-9-7-16(11-19)8-10-17/h4-10,15,20H,12H2,1-3H3. The van der Waals surface area contributed by atoms with E-state index in [1.165, 1.54) is 24.3 Å². The van der Waals surface area contributed by atoms with Crippen LogP contribution < -0.4 is 9.46 Å². The van der Waals surface area contributed by atoms with Gasteiger partial charge < -0.3 is 4.74 Å². The SMILES string of the molecule is Cc1cccc(C)c1OCC(C)NS(=O)(=O)c1ccc(C#N)cc1. The van der Waals surface area contributed by atoms with Crippen molar-refractivity contribution < 1.29 is 13.2 Å². The third kappa shape index (κ3) is 4.34. The number of ether oxygens (including phenoxy) is 1. The Balaban J connectivity index is 2.03. The van der Waals surface area contributed by atoms with Gasteiger partial charge in [0, 0.05) is 0 Å². The largest absolute Gasteiger partial charge is 0.491 e. The third-order valence-electron chi connectivity index (χ3n) is 3.54. The average Bonchev–Trinajstić information content (AvgIpc) is 2.54. The highest BCUT2D eigenvalue weighted by Gasteiger charge is 2.18. The Morgan fingerprint density at radius 3 is 2.25 bits per heavy atom. The molecule has 0 amide bonds. The molecule has 0 saturated heterocycles. The summed E-state index contributed by atoms with van der Waals surface area (Å²) in [7, 11) is -3.65. The van der Waals surface area contributed by atoms with Crippen molar-refractivity contribution in [1.82, 2.24) is 4.72 Å². The van der Waals surface area contributed by atoms with Crippen molar-refractivity contribution in [3.05, 3.63) is 59.2 Å². The molecule has 0 saturated carbocycles. The van der Waals surface area contributed by atoms with Crippen molar-refractivity contribution in [3.8, 4) is 11.8 Å². The molecule has 0 aliphatic carbocycles. The fraction of sp³-hybridized carbons (Fsp3) is 0.278. The number of nitriles is 1. The molecular weight excluding hydrogens is 324 g/mol. The van der Waals surface area contributed by atoms with Crippen LogP contribution in [0.15, 0.2) is 47.4 Å². The van der Waals surface area contributed by atoms with Gasteiger partial charge in [-0.05, 0) is 56.2 Å². The average molecular weight is 344 g/mol. The van der Waals surface area contributed by atoms with Crippen molar-refractivity contribution in [2.24, 2.45) is 0 Å². The van der Waals surface area contributed by atoms with Gasteiger partial charge in [0.1, 0.15) is 12.4 Å². The second kappa shape index (κ2) is 7.47. The van der Waals surface area contributed by atoms with E-state index in [9.17, 15) is 8.42 Å². The minimum Gasteiger partial charge on any atom is -0.491 e. The molecule has 126 valence electrons. The first kappa shape index (κ1) is 18.0. The van der Waals surface area contributed by atoms with Crippen LogP contribution >= 0.6 is 0 Å². The Bertz CT molecular complexity index is 833. The topological polar surface area (TPSA) is 79.2 Å². The summed E-state index contributed by atoms with van der Waals surface area (Å²) in [6.07, 6.45) is 0. The second-order valence-corrected chi connectivity index (χ2v) is 7.40. The number of sulfonamides is 1. The number of hydrogen-bond acceptors (Lipinski definition) is 4. The van der Waals surface area contributed by atoms with E-state index in [2.05, 4.69) is 4.72 Å². The predicted octanol–water partition coefficient (Wildman–Crippen LogP) is 2.92. The number of para-hydroxylation sites is 1. The molecule has 1 unspecified atom stereocenters. The van der Waals surface area contributed by atoms with Crippen molar-refractivity contribution in [2.75, 3.05) is 6.61 Å². The number of hydrogen-bond donors (Lipinski definition) is 1. The minimum atomic E-state index is -3.65. The fourth-order valence-corrected chi connectivity index (χ4v) is 3.54. The molecule has 0 fully saturated rings.